The van der Waals surface area contributed by atoms with E-state index in [9.17, 15) is 14.4 Å². The molecule has 0 saturated carbocycles. The third kappa shape index (κ3) is 4.45. The van der Waals surface area contributed by atoms with Crippen LogP contribution in [0.25, 0.3) is 0 Å². The van der Waals surface area contributed by atoms with Gasteiger partial charge in [-0.1, -0.05) is 0 Å². The van der Waals surface area contributed by atoms with Gasteiger partial charge in [0.1, 0.15) is 12.3 Å². The van der Waals surface area contributed by atoms with Crippen molar-refractivity contribution in [3.8, 4) is 5.75 Å². The molecule has 8 heteroatoms. The first-order valence-corrected chi connectivity index (χ1v) is 10.5. The molecule has 8 nitrogen and oxygen atoms in total. The SMILES string of the molecule is CN(C)c1ccc(NC(=O)CN2C(=O)C(C)(C)Oc3ccc(C(=O)c4ccco4)cc32)cc1. The van der Waals surface area contributed by atoms with Crippen LogP contribution in [0, 0.1) is 0 Å². The molecule has 0 fully saturated rings. The first kappa shape index (κ1) is 22.1. The zero-order valence-electron chi connectivity index (χ0n) is 18.9. The minimum Gasteiger partial charge on any atom is -0.476 e. The molecule has 3 aromatic rings. The summed E-state index contributed by atoms with van der Waals surface area (Å²) in [4.78, 5) is 42.0. The van der Waals surface area contributed by atoms with Gasteiger partial charge in [0.2, 0.25) is 11.7 Å². The summed E-state index contributed by atoms with van der Waals surface area (Å²) >= 11 is 0. The fourth-order valence-corrected chi connectivity index (χ4v) is 3.60. The van der Waals surface area contributed by atoms with Gasteiger partial charge < -0.3 is 19.4 Å². The molecule has 4 rings (SSSR count). The molecule has 0 atom stereocenters. The van der Waals surface area contributed by atoms with Crippen LogP contribution in [0.5, 0.6) is 5.75 Å². The Balaban J connectivity index is 1.60. The number of fused-ring (bicyclic) bond motifs is 1. The Morgan fingerprint density at radius 2 is 1.79 bits per heavy atom. The zero-order chi connectivity index (χ0) is 23.8. The number of ketones is 1. The summed E-state index contributed by atoms with van der Waals surface area (Å²) in [6, 6.07) is 15.4. The molecule has 1 aliphatic rings. The highest BCUT2D eigenvalue weighted by Crippen LogP contribution is 2.38. The minimum absolute atomic E-state index is 0.184. The summed E-state index contributed by atoms with van der Waals surface area (Å²) in [5.41, 5.74) is 1.14. The number of ether oxygens (including phenoxy) is 1. The maximum Gasteiger partial charge on any atom is 0.271 e. The molecule has 0 unspecified atom stereocenters. The van der Waals surface area contributed by atoms with Gasteiger partial charge >= 0.3 is 0 Å². The predicted octanol–water partition coefficient (Wildman–Crippen LogP) is 3.72. The Morgan fingerprint density at radius 3 is 2.42 bits per heavy atom. The molecule has 1 N–H and O–H groups in total. The average molecular weight is 447 g/mol. The topological polar surface area (TPSA) is 92.1 Å². The van der Waals surface area contributed by atoms with E-state index in [1.165, 1.54) is 11.2 Å². The Bertz CT molecular complexity index is 1200. The molecule has 33 heavy (non-hydrogen) atoms. The monoisotopic (exact) mass is 447 g/mol. The molecular weight excluding hydrogens is 422 g/mol. The average Bonchev–Trinajstić information content (AvgIpc) is 3.31. The second kappa shape index (κ2) is 8.46. The minimum atomic E-state index is -1.16. The number of furan rings is 1. The summed E-state index contributed by atoms with van der Waals surface area (Å²) in [5.74, 6) is -0.476. The standard InChI is InChI=1S/C25H25N3O5/c1-25(2)24(31)28(15-22(29)26-17-8-10-18(11-9-17)27(3)4)19-14-16(7-12-20(19)33-25)23(30)21-6-5-13-32-21/h5-14H,15H2,1-4H3,(H,26,29). The maximum atomic E-state index is 13.1. The Kier molecular flexibility index (Phi) is 5.68. The lowest BCUT2D eigenvalue weighted by molar-refractivity contribution is -0.133. The van der Waals surface area contributed by atoms with Gasteiger partial charge in [-0.15, -0.1) is 0 Å². The van der Waals surface area contributed by atoms with Crippen molar-refractivity contribution in [3.05, 3.63) is 72.2 Å². The molecule has 0 bridgehead atoms. The Labute approximate surface area is 191 Å². The van der Waals surface area contributed by atoms with Crippen LogP contribution >= 0.6 is 0 Å². The van der Waals surface area contributed by atoms with Gasteiger partial charge in [-0.3, -0.25) is 19.3 Å². The van der Waals surface area contributed by atoms with E-state index in [0.29, 0.717) is 22.7 Å². The molecule has 0 radical (unpaired) electrons. The molecule has 2 amide bonds. The summed E-state index contributed by atoms with van der Waals surface area (Å²) in [6.45, 7) is 3.06. The number of carbonyl (C=O) groups is 3. The molecule has 0 spiro atoms. The highest BCUT2D eigenvalue weighted by Gasteiger charge is 2.42. The van der Waals surface area contributed by atoms with Crippen LogP contribution in [0.3, 0.4) is 0 Å². The van der Waals surface area contributed by atoms with E-state index in [2.05, 4.69) is 5.32 Å². The summed E-state index contributed by atoms with van der Waals surface area (Å²) in [7, 11) is 3.86. The predicted molar refractivity (Wildman–Crippen MR) is 125 cm³/mol. The first-order chi connectivity index (χ1) is 15.7. The van der Waals surface area contributed by atoms with E-state index >= 15 is 0 Å². The van der Waals surface area contributed by atoms with Crippen molar-refractivity contribution in [2.45, 2.75) is 19.4 Å². The number of anilines is 3. The highest BCUT2D eigenvalue weighted by molar-refractivity contribution is 6.11. The number of nitrogens with one attached hydrogen (secondary N) is 1. The molecule has 2 aromatic carbocycles. The molecule has 2 heterocycles. The largest absolute Gasteiger partial charge is 0.476 e. The number of nitrogens with zero attached hydrogens (tertiary/aromatic N) is 2. The third-order valence-electron chi connectivity index (χ3n) is 5.35. The van der Waals surface area contributed by atoms with Crippen molar-refractivity contribution in [3.63, 3.8) is 0 Å². The molecule has 0 aliphatic carbocycles. The molecule has 1 aromatic heterocycles. The van der Waals surface area contributed by atoms with E-state index in [1.54, 1.807) is 56.3 Å². The van der Waals surface area contributed by atoms with Gasteiger partial charge in [0.25, 0.3) is 5.91 Å². The maximum absolute atomic E-state index is 13.1. The van der Waals surface area contributed by atoms with Gasteiger partial charge in [0.15, 0.2) is 11.4 Å². The number of hydrogen-bond acceptors (Lipinski definition) is 6. The fourth-order valence-electron chi connectivity index (χ4n) is 3.60. The first-order valence-electron chi connectivity index (χ1n) is 10.5. The van der Waals surface area contributed by atoms with Crippen LogP contribution in [0.2, 0.25) is 0 Å². The number of hydrogen-bond donors (Lipinski definition) is 1. The van der Waals surface area contributed by atoms with Crippen molar-refractivity contribution < 1.29 is 23.5 Å². The number of carbonyl (C=O) groups excluding carboxylic acids is 3. The fraction of sp³-hybridized carbons (Fsp3) is 0.240. The normalized spacial score (nSPS) is 14.3. The number of amides is 2. The van der Waals surface area contributed by atoms with Gasteiger partial charge in [-0.2, -0.15) is 0 Å². The van der Waals surface area contributed by atoms with Crippen LogP contribution in [0.4, 0.5) is 17.1 Å². The van der Waals surface area contributed by atoms with Crippen LogP contribution in [-0.4, -0.2) is 43.8 Å². The summed E-state index contributed by atoms with van der Waals surface area (Å²) in [5, 5.41) is 2.82. The molecule has 0 saturated heterocycles. The summed E-state index contributed by atoms with van der Waals surface area (Å²) in [6.07, 6.45) is 1.42. The third-order valence-corrected chi connectivity index (χ3v) is 5.35. The second-order valence-electron chi connectivity index (χ2n) is 8.48. The van der Waals surface area contributed by atoms with Gasteiger partial charge in [-0.05, 0) is 68.4 Å². The Hall–Kier alpha value is -4.07. The van der Waals surface area contributed by atoms with Crippen molar-refractivity contribution in [1.29, 1.82) is 0 Å². The lowest BCUT2D eigenvalue weighted by Gasteiger charge is -2.38. The number of rotatable bonds is 6. The zero-order valence-corrected chi connectivity index (χ0v) is 18.9. The smallest absolute Gasteiger partial charge is 0.271 e. The Morgan fingerprint density at radius 1 is 1.06 bits per heavy atom. The van der Waals surface area contributed by atoms with Crippen LogP contribution < -0.4 is 19.9 Å². The van der Waals surface area contributed by atoms with Crippen molar-refractivity contribution in [2.75, 3.05) is 35.8 Å². The second-order valence-corrected chi connectivity index (χ2v) is 8.48. The highest BCUT2D eigenvalue weighted by atomic mass is 16.5. The van der Waals surface area contributed by atoms with E-state index in [4.69, 9.17) is 9.15 Å². The van der Waals surface area contributed by atoms with Crippen LogP contribution in [0.15, 0.2) is 65.3 Å². The summed E-state index contributed by atoms with van der Waals surface area (Å²) < 4.78 is 11.1. The van der Waals surface area contributed by atoms with Gasteiger partial charge in [-0.25, -0.2) is 0 Å². The van der Waals surface area contributed by atoms with Crippen molar-refractivity contribution in [1.82, 2.24) is 0 Å². The quantitative estimate of drug-likeness (QED) is 0.579. The molecule has 170 valence electrons. The van der Waals surface area contributed by atoms with Gasteiger partial charge in [0.05, 0.1) is 12.0 Å². The lowest BCUT2D eigenvalue weighted by Crippen LogP contribution is -2.54. The van der Waals surface area contributed by atoms with E-state index in [1.807, 2.05) is 31.1 Å². The van der Waals surface area contributed by atoms with Crippen LogP contribution in [0.1, 0.15) is 30.0 Å². The van der Waals surface area contributed by atoms with Crippen molar-refractivity contribution in [2.24, 2.45) is 0 Å². The lowest BCUT2D eigenvalue weighted by atomic mass is 10.0. The van der Waals surface area contributed by atoms with E-state index in [-0.39, 0.29) is 29.9 Å². The van der Waals surface area contributed by atoms with Crippen molar-refractivity contribution >= 4 is 34.7 Å². The molecular formula is C25H25N3O5. The molecule has 1 aliphatic heterocycles. The van der Waals surface area contributed by atoms with Crippen LogP contribution in [-0.2, 0) is 9.59 Å². The van der Waals surface area contributed by atoms with Gasteiger partial charge in [0, 0.05) is 31.0 Å². The van der Waals surface area contributed by atoms with E-state index < -0.39 is 5.60 Å². The van der Waals surface area contributed by atoms with E-state index in [0.717, 1.165) is 5.69 Å². The number of benzene rings is 2.